The van der Waals surface area contributed by atoms with Gasteiger partial charge in [-0.3, -0.25) is 9.78 Å². The number of carboxylic acid groups (broad SMARTS) is 1. The molecular formula is C11H16N2O4S. The Balaban J connectivity index is 2.90. The van der Waals surface area contributed by atoms with E-state index in [1.54, 1.807) is 0 Å². The number of nitrogens with one attached hydrogen (secondary N) is 1. The lowest BCUT2D eigenvalue weighted by atomic mass is 10.1. The summed E-state index contributed by atoms with van der Waals surface area (Å²) in [6.45, 7) is 3.66. The van der Waals surface area contributed by atoms with E-state index in [1.807, 2.05) is 13.8 Å². The van der Waals surface area contributed by atoms with Gasteiger partial charge >= 0.3 is 5.97 Å². The van der Waals surface area contributed by atoms with Crippen LogP contribution in [-0.4, -0.2) is 30.5 Å². The summed E-state index contributed by atoms with van der Waals surface area (Å²) < 4.78 is 26.0. The molecule has 2 N–H and O–H groups in total. The number of rotatable bonds is 6. The molecule has 7 heteroatoms. The van der Waals surface area contributed by atoms with Crippen LogP contribution in [0.3, 0.4) is 0 Å². The Kier molecular flexibility index (Phi) is 4.80. The molecule has 0 saturated carbocycles. The van der Waals surface area contributed by atoms with Crippen LogP contribution in [0.5, 0.6) is 0 Å². The van der Waals surface area contributed by atoms with Gasteiger partial charge in [0.1, 0.15) is 10.9 Å². The number of sulfonamides is 1. The molecule has 100 valence electrons. The highest BCUT2D eigenvalue weighted by atomic mass is 32.2. The van der Waals surface area contributed by atoms with Gasteiger partial charge in [0.05, 0.1) is 0 Å². The van der Waals surface area contributed by atoms with E-state index in [1.165, 1.54) is 24.5 Å². The monoisotopic (exact) mass is 272 g/mol. The van der Waals surface area contributed by atoms with Crippen molar-refractivity contribution in [2.75, 3.05) is 0 Å². The van der Waals surface area contributed by atoms with Gasteiger partial charge in [-0.2, -0.15) is 4.72 Å². The van der Waals surface area contributed by atoms with E-state index in [4.69, 9.17) is 5.11 Å². The first kappa shape index (κ1) is 14.6. The van der Waals surface area contributed by atoms with Crippen LogP contribution in [0, 0.1) is 5.92 Å². The maximum absolute atomic E-state index is 11.9. The van der Waals surface area contributed by atoms with Gasteiger partial charge < -0.3 is 5.11 Å². The predicted molar refractivity (Wildman–Crippen MR) is 65.4 cm³/mol. The zero-order valence-electron chi connectivity index (χ0n) is 10.2. The third kappa shape index (κ3) is 4.08. The van der Waals surface area contributed by atoms with Gasteiger partial charge in [0, 0.05) is 12.4 Å². The van der Waals surface area contributed by atoms with E-state index < -0.39 is 22.0 Å². The average Bonchev–Trinajstić information content (AvgIpc) is 2.28. The van der Waals surface area contributed by atoms with E-state index in [9.17, 15) is 13.2 Å². The molecule has 6 nitrogen and oxygen atoms in total. The Morgan fingerprint density at radius 3 is 2.61 bits per heavy atom. The number of carbonyl (C=O) groups is 1. The molecule has 1 rings (SSSR count). The summed E-state index contributed by atoms with van der Waals surface area (Å²) in [5.74, 6) is -1.11. The molecule has 0 fully saturated rings. The SMILES string of the molecule is CC(C)CC(NS(=O)(=O)c1cccnc1)C(=O)O. The third-order valence-corrected chi connectivity index (χ3v) is 3.70. The first-order valence-corrected chi connectivity index (χ1v) is 6.96. The lowest BCUT2D eigenvalue weighted by molar-refractivity contribution is -0.139. The summed E-state index contributed by atoms with van der Waals surface area (Å²) in [4.78, 5) is 14.7. The van der Waals surface area contributed by atoms with E-state index in [2.05, 4.69) is 9.71 Å². The molecule has 0 spiro atoms. The zero-order valence-corrected chi connectivity index (χ0v) is 11.0. The van der Waals surface area contributed by atoms with E-state index in [0.29, 0.717) is 0 Å². The zero-order chi connectivity index (χ0) is 13.8. The summed E-state index contributed by atoms with van der Waals surface area (Å²) in [6.07, 6.45) is 2.85. The van der Waals surface area contributed by atoms with Crippen molar-refractivity contribution in [3.8, 4) is 0 Å². The molecule has 0 bridgehead atoms. The van der Waals surface area contributed by atoms with Crippen LogP contribution in [0.15, 0.2) is 29.4 Å². The summed E-state index contributed by atoms with van der Waals surface area (Å²) in [6, 6.07) is 1.71. The molecule has 18 heavy (non-hydrogen) atoms. The van der Waals surface area contributed by atoms with E-state index in [-0.39, 0.29) is 17.2 Å². The van der Waals surface area contributed by atoms with Gasteiger partial charge in [-0.15, -0.1) is 0 Å². The number of carboxylic acids is 1. The van der Waals surface area contributed by atoms with Gasteiger partial charge in [0.25, 0.3) is 0 Å². The summed E-state index contributed by atoms with van der Waals surface area (Å²) >= 11 is 0. The molecule has 0 aliphatic heterocycles. The number of hydrogen-bond donors (Lipinski definition) is 2. The molecular weight excluding hydrogens is 256 g/mol. The smallest absolute Gasteiger partial charge is 0.321 e. The normalized spacial score (nSPS) is 13.5. The van der Waals surface area contributed by atoms with Crippen LogP contribution in [0.2, 0.25) is 0 Å². The van der Waals surface area contributed by atoms with Gasteiger partial charge in [-0.1, -0.05) is 13.8 Å². The molecule has 0 aliphatic carbocycles. The maximum atomic E-state index is 11.9. The highest BCUT2D eigenvalue weighted by Crippen LogP contribution is 2.11. The van der Waals surface area contributed by atoms with Crippen molar-refractivity contribution in [2.24, 2.45) is 5.92 Å². The molecule has 1 aromatic rings. The molecule has 0 aliphatic rings. The fourth-order valence-electron chi connectivity index (χ4n) is 1.43. The van der Waals surface area contributed by atoms with Gasteiger partial charge in [0.15, 0.2) is 0 Å². The molecule has 0 amide bonds. The van der Waals surface area contributed by atoms with Crippen LogP contribution in [0.4, 0.5) is 0 Å². The van der Waals surface area contributed by atoms with Crippen molar-refractivity contribution in [2.45, 2.75) is 31.2 Å². The lowest BCUT2D eigenvalue weighted by Gasteiger charge is -2.16. The summed E-state index contributed by atoms with van der Waals surface area (Å²) in [7, 11) is -3.84. The van der Waals surface area contributed by atoms with Gasteiger partial charge in [-0.05, 0) is 24.5 Å². The number of aliphatic carboxylic acids is 1. The van der Waals surface area contributed by atoms with Crippen molar-refractivity contribution in [3.05, 3.63) is 24.5 Å². The highest BCUT2D eigenvalue weighted by molar-refractivity contribution is 7.89. The largest absolute Gasteiger partial charge is 0.480 e. The van der Waals surface area contributed by atoms with Crippen LogP contribution in [0.1, 0.15) is 20.3 Å². The second-order valence-corrected chi connectivity index (χ2v) is 6.04. The minimum Gasteiger partial charge on any atom is -0.480 e. The second-order valence-electron chi connectivity index (χ2n) is 4.33. The lowest BCUT2D eigenvalue weighted by Crippen LogP contribution is -2.41. The molecule has 1 heterocycles. The van der Waals surface area contributed by atoms with Crippen molar-refractivity contribution >= 4 is 16.0 Å². The highest BCUT2D eigenvalue weighted by Gasteiger charge is 2.26. The van der Waals surface area contributed by atoms with Crippen LogP contribution in [0.25, 0.3) is 0 Å². The fourth-order valence-corrected chi connectivity index (χ4v) is 2.60. The molecule has 1 aromatic heterocycles. The summed E-state index contributed by atoms with van der Waals surface area (Å²) in [5.41, 5.74) is 0. The maximum Gasteiger partial charge on any atom is 0.321 e. The summed E-state index contributed by atoms with van der Waals surface area (Å²) in [5, 5.41) is 8.99. The Labute approximate surface area is 106 Å². The number of nitrogens with zero attached hydrogens (tertiary/aromatic N) is 1. The second kappa shape index (κ2) is 5.92. The minimum absolute atomic E-state index is 0.0417. The van der Waals surface area contributed by atoms with Crippen LogP contribution < -0.4 is 4.72 Å². The topological polar surface area (TPSA) is 96.4 Å². The van der Waals surface area contributed by atoms with Crippen molar-refractivity contribution < 1.29 is 18.3 Å². The molecule has 0 radical (unpaired) electrons. The quantitative estimate of drug-likeness (QED) is 0.800. The Bertz CT molecular complexity index is 499. The standard InChI is InChI=1S/C11H16N2O4S/c1-8(2)6-10(11(14)15)13-18(16,17)9-4-3-5-12-7-9/h3-5,7-8,10,13H,6H2,1-2H3,(H,14,15). The Morgan fingerprint density at radius 1 is 1.50 bits per heavy atom. The predicted octanol–water partition coefficient (Wildman–Crippen LogP) is 0.859. The molecule has 0 saturated heterocycles. The van der Waals surface area contributed by atoms with E-state index >= 15 is 0 Å². The fraction of sp³-hybridized carbons (Fsp3) is 0.455. The van der Waals surface area contributed by atoms with E-state index in [0.717, 1.165) is 0 Å². The molecule has 0 aromatic carbocycles. The Morgan fingerprint density at radius 2 is 2.17 bits per heavy atom. The first-order chi connectivity index (χ1) is 8.33. The number of hydrogen-bond acceptors (Lipinski definition) is 4. The number of aromatic nitrogens is 1. The van der Waals surface area contributed by atoms with Crippen molar-refractivity contribution in [3.63, 3.8) is 0 Å². The van der Waals surface area contributed by atoms with Crippen LogP contribution in [-0.2, 0) is 14.8 Å². The number of pyridine rings is 1. The first-order valence-electron chi connectivity index (χ1n) is 5.48. The van der Waals surface area contributed by atoms with Crippen molar-refractivity contribution in [1.82, 2.24) is 9.71 Å². The minimum atomic E-state index is -3.84. The van der Waals surface area contributed by atoms with Gasteiger partial charge in [0.2, 0.25) is 10.0 Å². The van der Waals surface area contributed by atoms with Crippen molar-refractivity contribution in [1.29, 1.82) is 0 Å². The average molecular weight is 272 g/mol. The third-order valence-electron chi connectivity index (χ3n) is 2.25. The van der Waals surface area contributed by atoms with Crippen LogP contribution >= 0.6 is 0 Å². The molecule has 1 unspecified atom stereocenters. The Hall–Kier alpha value is -1.47. The molecule has 1 atom stereocenters. The van der Waals surface area contributed by atoms with Gasteiger partial charge in [-0.25, -0.2) is 8.42 Å².